The zero-order valence-electron chi connectivity index (χ0n) is 11.6. The lowest BCUT2D eigenvalue weighted by Crippen LogP contribution is -2.41. The third-order valence-corrected chi connectivity index (χ3v) is 4.04. The van der Waals surface area contributed by atoms with Gasteiger partial charge in [-0.15, -0.1) is 0 Å². The summed E-state index contributed by atoms with van der Waals surface area (Å²) in [5.74, 6) is -1.11. The van der Waals surface area contributed by atoms with Crippen LogP contribution in [0.1, 0.15) is 26.2 Å². The van der Waals surface area contributed by atoms with E-state index in [0.29, 0.717) is 25.9 Å². The number of cyclic esters (lactones) is 1. The third-order valence-electron chi connectivity index (χ3n) is 4.04. The van der Waals surface area contributed by atoms with Crippen molar-refractivity contribution >= 4 is 18.0 Å². The van der Waals surface area contributed by atoms with E-state index < -0.39 is 17.5 Å². The maximum Gasteiger partial charge on any atom is 0.416 e. The molecular formula is C13H20N2O5. The van der Waals surface area contributed by atoms with E-state index >= 15 is 0 Å². The van der Waals surface area contributed by atoms with Gasteiger partial charge in [-0.1, -0.05) is 13.3 Å². The van der Waals surface area contributed by atoms with Crippen LogP contribution >= 0.6 is 0 Å². The number of amides is 2. The summed E-state index contributed by atoms with van der Waals surface area (Å²) in [5.41, 5.74) is -0.749. The molecule has 0 spiro atoms. The Morgan fingerprint density at radius 1 is 1.40 bits per heavy atom. The monoisotopic (exact) mass is 284 g/mol. The van der Waals surface area contributed by atoms with Crippen LogP contribution in [-0.4, -0.2) is 65.7 Å². The molecule has 0 aromatic rings. The minimum atomic E-state index is -0.796. The van der Waals surface area contributed by atoms with E-state index in [9.17, 15) is 19.5 Å². The van der Waals surface area contributed by atoms with Crippen LogP contribution in [0.4, 0.5) is 4.79 Å². The number of hydrogen-bond donors (Lipinski definition) is 1. The number of aliphatic carboxylic acids is 1. The second-order valence-electron chi connectivity index (χ2n) is 5.46. The first-order valence-electron chi connectivity index (χ1n) is 6.91. The summed E-state index contributed by atoms with van der Waals surface area (Å²) in [6.07, 6.45) is 1.35. The van der Waals surface area contributed by atoms with Crippen LogP contribution in [0.2, 0.25) is 0 Å². The van der Waals surface area contributed by atoms with Gasteiger partial charge in [-0.2, -0.15) is 0 Å². The summed E-state index contributed by atoms with van der Waals surface area (Å²) < 4.78 is 4.72. The van der Waals surface area contributed by atoms with E-state index in [4.69, 9.17) is 4.74 Å². The molecule has 0 aromatic heterocycles. The Hall–Kier alpha value is -1.63. The molecule has 2 rings (SSSR count). The number of likely N-dealkylation sites (tertiary alicyclic amines) is 1. The molecule has 20 heavy (non-hydrogen) atoms. The number of carboxylic acids is 1. The molecule has 2 aliphatic rings. The van der Waals surface area contributed by atoms with Gasteiger partial charge in [0.05, 0.1) is 18.5 Å². The van der Waals surface area contributed by atoms with Gasteiger partial charge in [0.1, 0.15) is 6.61 Å². The van der Waals surface area contributed by atoms with E-state index in [0.717, 1.165) is 11.3 Å². The molecule has 0 aliphatic carbocycles. The molecule has 2 fully saturated rings. The molecule has 7 heteroatoms. The maximum atomic E-state index is 12.0. The standard InChI is InChI=1S/C13H20N2O5/c1-2-3-13(11(17)18)4-5-14(9-13)8-10(16)15-6-7-20-12(15)19/h2-9H2,1H3,(H,17,18). The van der Waals surface area contributed by atoms with Crippen molar-refractivity contribution in [2.75, 3.05) is 32.8 Å². The van der Waals surface area contributed by atoms with E-state index in [1.54, 1.807) is 0 Å². The number of imide groups is 1. The highest BCUT2D eigenvalue weighted by molar-refractivity contribution is 5.94. The largest absolute Gasteiger partial charge is 0.481 e. The summed E-state index contributed by atoms with van der Waals surface area (Å²) >= 11 is 0. The molecule has 0 saturated carbocycles. The van der Waals surface area contributed by atoms with Gasteiger partial charge in [0.25, 0.3) is 0 Å². The van der Waals surface area contributed by atoms with E-state index in [1.165, 1.54) is 0 Å². The zero-order chi connectivity index (χ0) is 14.8. The third kappa shape index (κ3) is 2.77. The number of nitrogens with zero attached hydrogens (tertiary/aromatic N) is 2. The Balaban J connectivity index is 1.94. The minimum Gasteiger partial charge on any atom is -0.481 e. The van der Waals surface area contributed by atoms with Crippen molar-refractivity contribution in [3.8, 4) is 0 Å². The first-order chi connectivity index (χ1) is 9.48. The summed E-state index contributed by atoms with van der Waals surface area (Å²) in [7, 11) is 0. The van der Waals surface area contributed by atoms with Gasteiger partial charge >= 0.3 is 12.1 Å². The Kier molecular flexibility index (Phi) is 4.27. The van der Waals surface area contributed by atoms with E-state index in [2.05, 4.69) is 0 Å². The van der Waals surface area contributed by atoms with Crippen molar-refractivity contribution in [1.82, 2.24) is 9.80 Å². The Morgan fingerprint density at radius 3 is 2.70 bits per heavy atom. The van der Waals surface area contributed by atoms with Gasteiger partial charge < -0.3 is 9.84 Å². The number of ether oxygens (including phenoxy) is 1. The van der Waals surface area contributed by atoms with E-state index in [-0.39, 0.29) is 25.6 Å². The Morgan fingerprint density at radius 2 is 2.15 bits per heavy atom. The SMILES string of the molecule is CCCC1(C(=O)O)CCN(CC(=O)N2CCOC2=O)C1. The van der Waals surface area contributed by atoms with Crippen LogP contribution in [0.5, 0.6) is 0 Å². The number of carbonyl (C=O) groups excluding carboxylic acids is 2. The van der Waals surface area contributed by atoms with Gasteiger partial charge in [-0.3, -0.25) is 14.5 Å². The fourth-order valence-corrected chi connectivity index (χ4v) is 2.95. The molecule has 1 atom stereocenters. The highest BCUT2D eigenvalue weighted by atomic mass is 16.6. The molecule has 1 unspecified atom stereocenters. The van der Waals surface area contributed by atoms with Gasteiger partial charge in [-0.25, -0.2) is 9.69 Å². The second kappa shape index (κ2) is 5.78. The van der Waals surface area contributed by atoms with Crippen LogP contribution in [0.15, 0.2) is 0 Å². The molecule has 2 saturated heterocycles. The lowest BCUT2D eigenvalue weighted by atomic mass is 9.83. The Labute approximate surface area is 117 Å². The van der Waals surface area contributed by atoms with E-state index in [1.807, 2.05) is 11.8 Å². The highest BCUT2D eigenvalue weighted by Crippen LogP contribution is 2.35. The summed E-state index contributed by atoms with van der Waals surface area (Å²) in [6, 6.07) is 0. The van der Waals surface area contributed by atoms with Crippen molar-refractivity contribution in [2.45, 2.75) is 26.2 Å². The fourth-order valence-electron chi connectivity index (χ4n) is 2.95. The normalized spacial score (nSPS) is 26.9. The van der Waals surface area contributed by atoms with Crippen LogP contribution < -0.4 is 0 Å². The van der Waals surface area contributed by atoms with Gasteiger partial charge in [-0.05, 0) is 19.4 Å². The van der Waals surface area contributed by atoms with Crippen LogP contribution in [0, 0.1) is 5.41 Å². The number of rotatable bonds is 5. The second-order valence-corrected chi connectivity index (χ2v) is 5.46. The fraction of sp³-hybridized carbons (Fsp3) is 0.769. The first-order valence-corrected chi connectivity index (χ1v) is 6.91. The minimum absolute atomic E-state index is 0.0772. The molecule has 0 bridgehead atoms. The van der Waals surface area contributed by atoms with Crippen molar-refractivity contribution in [1.29, 1.82) is 0 Å². The zero-order valence-corrected chi connectivity index (χ0v) is 11.6. The van der Waals surface area contributed by atoms with Crippen LogP contribution in [0.25, 0.3) is 0 Å². The topological polar surface area (TPSA) is 87.2 Å². The summed E-state index contributed by atoms with van der Waals surface area (Å²) in [4.78, 5) is 37.6. The molecule has 0 aromatic carbocycles. The predicted octanol–water partition coefficient (Wildman–Crippen LogP) is 0.542. The maximum absolute atomic E-state index is 12.0. The molecule has 7 nitrogen and oxygen atoms in total. The van der Waals surface area contributed by atoms with Gasteiger partial charge in [0.15, 0.2) is 0 Å². The molecule has 112 valence electrons. The first kappa shape index (κ1) is 14.8. The summed E-state index contributed by atoms with van der Waals surface area (Å²) in [5, 5.41) is 9.40. The van der Waals surface area contributed by atoms with Crippen molar-refractivity contribution in [2.24, 2.45) is 5.41 Å². The molecular weight excluding hydrogens is 264 g/mol. The van der Waals surface area contributed by atoms with Crippen molar-refractivity contribution in [3.63, 3.8) is 0 Å². The Bertz CT molecular complexity index is 425. The van der Waals surface area contributed by atoms with Crippen molar-refractivity contribution < 1.29 is 24.2 Å². The highest BCUT2D eigenvalue weighted by Gasteiger charge is 2.44. The van der Waals surface area contributed by atoms with Gasteiger partial charge in [0.2, 0.25) is 5.91 Å². The molecule has 2 amide bonds. The number of carboxylic acid groups (broad SMARTS) is 1. The lowest BCUT2D eigenvalue weighted by Gasteiger charge is -2.24. The van der Waals surface area contributed by atoms with Crippen LogP contribution in [0.3, 0.4) is 0 Å². The molecule has 0 radical (unpaired) electrons. The number of carbonyl (C=O) groups is 3. The number of hydrogen-bond acceptors (Lipinski definition) is 5. The smallest absolute Gasteiger partial charge is 0.416 e. The van der Waals surface area contributed by atoms with Crippen LogP contribution in [-0.2, 0) is 14.3 Å². The molecule has 1 N–H and O–H groups in total. The average Bonchev–Trinajstić information content (AvgIpc) is 2.97. The average molecular weight is 284 g/mol. The molecule has 2 heterocycles. The lowest BCUT2D eigenvalue weighted by molar-refractivity contribution is -0.149. The summed E-state index contributed by atoms with van der Waals surface area (Å²) in [6.45, 7) is 3.49. The quantitative estimate of drug-likeness (QED) is 0.793. The van der Waals surface area contributed by atoms with Gasteiger partial charge in [0, 0.05) is 6.54 Å². The van der Waals surface area contributed by atoms with Crippen molar-refractivity contribution in [3.05, 3.63) is 0 Å². The molecule has 2 aliphatic heterocycles. The predicted molar refractivity (Wildman–Crippen MR) is 69.1 cm³/mol.